The molecule has 0 saturated carbocycles. The van der Waals surface area contributed by atoms with E-state index in [1.165, 1.54) is 22.5 Å². The van der Waals surface area contributed by atoms with Gasteiger partial charge < -0.3 is 10.6 Å². The van der Waals surface area contributed by atoms with E-state index in [9.17, 15) is 26.4 Å². The lowest BCUT2D eigenvalue weighted by Gasteiger charge is -2.33. The maximum atomic E-state index is 13.0. The lowest BCUT2D eigenvalue weighted by Crippen LogP contribution is -2.52. The van der Waals surface area contributed by atoms with Gasteiger partial charge in [-0.2, -0.15) is 17.5 Å². The molecule has 1 aromatic heterocycles. The Morgan fingerprint density at radius 3 is 2.48 bits per heavy atom. The Bertz CT molecular complexity index is 983. The Kier molecular flexibility index (Phi) is 7.16. The molecule has 2 aromatic rings. The van der Waals surface area contributed by atoms with E-state index in [1.54, 1.807) is 18.2 Å². The van der Waals surface area contributed by atoms with E-state index in [0.29, 0.717) is 12.8 Å². The highest BCUT2D eigenvalue weighted by Crippen LogP contribution is 2.29. The maximum absolute atomic E-state index is 13.0. The molecule has 168 valence electrons. The Morgan fingerprint density at radius 1 is 1.10 bits per heavy atom. The summed E-state index contributed by atoms with van der Waals surface area (Å²) in [4.78, 5) is 16.5. The first kappa shape index (κ1) is 23.0. The van der Waals surface area contributed by atoms with Crippen LogP contribution in [0.15, 0.2) is 53.6 Å². The number of carbonyl (C=O) groups is 1. The van der Waals surface area contributed by atoms with E-state index in [0.717, 1.165) is 18.7 Å². The smallest absolute Gasteiger partial charge is 0.368 e. The summed E-state index contributed by atoms with van der Waals surface area (Å²) in [5.41, 5.74) is -0.844. The minimum Gasteiger partial charge on any atom is -0.368 e. The lowest BCUT2D eigenvalue weighted by molar-refractivity contribution is -0.137. The molecule has 2 N–H and O–H groups in total. The number of sulfonamides is 1. The number of alkyl halides is 3. The van der Waals surface area contributed by atoms with Crippen LogP contribution in [0, 0.1) is 0 Å². The van der Waals surface area contributed by atoms with Crippen molar-refractivity contribution < 1.29 is 26.4 Å². The quantitative estimate of drug-likeness (QED) is 0.626. The van der Waals surface area contributed by atoms with Gasteiger partial charge in [0.1, 0.15) is 11.9 Å². The average molecular weight is 456 g/mol. The molecule has 1 aliphatic rings. The van der Waals surface area contributed by atoms with Crippen LogP contribution in [-0.2, 0) is 21.0 Å². The van der Waals surface area contributed by atoms with Gasteiger partial charge in [0, 0.05) is 25.8 Å². The van der Waals surface area contributed by atoms with Crippen molar-refractivity contribution in [2.45, 2.75) is 36.4 Å². The van der Waals surface area contributed by atoms with Crippen LogP contribution in [0.1, 0.15) is 24.8 Å². The third-order valence-electron chi connectivity index (χ3n) is 4.93. The predicted octanol–water partition coefficient (Wildman–Crippen LogP) is 2.87. The molecule has 31 heavy (non-hydrogen) atoms. The molecule has 0 radical (unpaired) electrons. The lowest BCUT2D eigenvalue weighted by atomic mass is 10.0. The number of piperidine rings is 1. The molecule has 3 rings (SSSR count). The second kappa shape index (κ2) is 9.65. The second-order valence-electron chi connectivity index (χ2n) is 7.09. The largest absolute Gasteiger partial charge is 0.417 e. The highest BCUT2D eigenvalue weighted by Gasteiger charge is 2.37. The van der Waals surface area contributed by atoms with E-state index in [4.69, 9.17) is 0 Å². The standard InChI is InChI=1S/C20H23F3N4O3S/c21-20(22,23)15-9-10-18(26-14-15)24-11-12-25-19(28)17-8-4-5-13-27(17)31(29,30)16-6-2-1-3-7-16/h1-3,6-7,9-10,14,17H,4-5,8,11-13H2,(H,24,26)(H,25,28). The number of hydrogen-bond acceptors (Lipinski definition) is 5. The molecule has 11 heteroatoms. The highest BCUT2D eigenvalue weighted by molar-refractivity contribution is 7.89. The van der Waals surface area contributed by atoms with Crippen LogP contribution in [0.3, 0.4) is 0 Å². The molecule has 1 unspecified atom stereocenters. The molecule has 0 bridgehead atoms. The fourth-order valence-electron chi connectivity index (χ4n) is 3.34. The van der Waals surface area contributed by atoms with E-state index < -0.39 is 33.7 Å². The molecule has 0 aliphatic carbocycles. The first-order chi connectivity index (χ1) is 14.7. The summed E-state index contributed by atoms with van der Waals surface area (Å²) in [5.74, 6) is -0.158. The first-order valence-electron chi connectivity index (χ1n) is 9.81. The first-order valence-corrected chi connectivity index (χ1v) is 11.3. The molecule has 0 spiro atoms. The topological polar surface area (TPSA) is 91.4 Å². The van der Waals surface area contributed by atoms with Crippen LogP contribution in [0.2, 0.25) is 0 Å². The number of nitrogens with zero attached hydrogens (tertiary/aromatic N) is 2. The van der Waals surface area contributed by atoms with Gasteiger partial charge in [-0.25, -0.2) is 13.4 Å². The maximum Gasteiger partial charge on any atom is 0.417 e. The molecule has 1 saturated heterocycles. The number of halogens is 3. The number of carbonyl (C=O) groups excluding carboxylic acids is 1. The molecule has 1 fully saturated rings. The molecule has 1 amide bonds. The summed E-state index contributed by atoms with van der Waals surface area (Å²) in [5, 5.41) is 5.52. The number of anilines is 1. The number of benzene rings is 1. The zero-order valence-corrected chi connectivity index (χ0v) is 17.4. The van der Waals surface area contributed by atoms with Gasteiger partial charge in [0.05, 0.1) is 10.5 Å². The van der Waals surface area contributed by atoms with Crippen molar-refractivity contribution in [1.29, 1.82) is 0 Å². The summed E-state index contributed by atoms with van der Waals surface area (Å²) in [7, 11) is -3.79. The number of aromatic nitrogens is 1. The van der Waals surface area contributed by atoms with Gasteiger partial charge in [-0.05, 0) is 37.1 Å². The molecular formula is C20H23F3N4O3S. The number of rotatable bonds is 7. The SMILES string of the molecule is O=C(NCCNc1ccc(C(F)(F)F)cn1)C1CCCCN1S(=O)(=O)c1ccccc1. The summed E-state index contributed by atoms with van der Waals surface area (Å²) in [6, 6.07) is 9.31. The summed E-state index contributed by atoms with van der Waals surface area (Å²) in [6.07, 6.45) is -1.88. The Morgan fingerprint density at radius 2 is 1.84 bits per heavy atom. The van der Waals surface area contributed by atoms with Gasteiger partial charge in [-0.3, -0.25) is 4.79 Å². The Balaban J connectivity index is 1.55. The van der Waals surface area contributed by atoms with Crippen LogP contribution in [-0.4, -0.2) is 49.3 Å². The van der Waals surface area contributed by atoms with E-state index in [2.05, 4.69) is 15.6 Å². The van der Waals surface area contributed by atoms with Gasteiger partial charge in [0.2, 0.25) is 15.9 Å². The third kappa shape index (κ3) is 5.73. The van der Waals surface area contributed by atoms with E-state index >= 15 is 0 Å². The minimum absolute atomic E-state index is 0.143. The van der Waals surface area contributed by atoms with E-state index in [1.807, 2.05) is 0 Å². The summed E-state index contributed by atoms with van der Waals surface area (Å²) >= 11 is 0. The van der Waals surface area contributed by atoms with Crippen molar-refractivity contribution in [3.63, 3.8) is 0 Å². The zero-order valence-electron chi connectivity index (χ0n) is 16.6. The molecule has 1 aliphatic heterocycles. The fourth-order valence-corrected chi connectivity index (χ4v) is 5.02. The van der Waals surface area contributed by atoms with Crippen LogP contribution in [0.25, 0.3) is 0 Å². The van der Waals surface area contributed by atoms with Gasteiger partial charge in [-0.1, -0.05) is 24.6 Å². The molecular weight excluding hydrogens is 433 g/mol. The summed E-state index contributed by atoms with van der Waals surface area (Å²) in [6.45, 7) is 0.655. The van der Waals surface area contributed by atoms with Crippen LogP contribution in [0.5, 0.6) is 0 Å². The predicted molar refractivity (Wildman–Crippen MR) is 109 cm³/mol. The second-order valence-corrected chi connectivity index (χ2v) is 8.98. The minimum atomic E-state index is -4.45. The van der Waals surface area contributed by atoms with Crippen molar-refractivity contribution in [3.05, 3.63) is 54.2 Å². The van der Waals surface area contributed by atoms with Gasteiger partial charge >= 0.3 is 6.18 Å². The van der Waals surface area contributed by atoms with E-state index in [-0.39, 0.29) is 30.3 Å². The highest BCUT2D eigenvalue weighted by atomic mass is 32.2. The third-order valence-corrected chi connectivity index (χ3v) is 6.85. The van der Waals surface area contributed by atoms with Crippen LogP contribution >= 0.6 is 0 Å². The van der Waals surface area contributed by atoms with Gasteiger partial charge in [0.25, 0.3) is 0 Å². The van der Waals surface area contributed by atoms with Crippen molar-refractivity contribution >= 4 is 21.7 Å². The number of pyridine rings is 1. The molecule has 2 heterocycles. The Hall–Kier alpha value is -2.66. The van der Waals surface area contributed by atoms with Gasteiger partial charge in [0.15, 0.2) is 0 Å². The van der Waals surface area contributed by atoms with Crippen molar-refractivity contribution in [3.8, 4) is 0 Å². The average Bonchev–Trinajstić information content (AvgIpc) is 2.77. The Labute approximate surface area is 178 Å². The molecule has 1 atom stereocenters. The van der Waals surface area contributed by atoms with Crippen molar-refractivity contribution in [1.82, 2.24) is 14.6 Å². The zero-order chi connectivity index (χ0) is 22.5. The van der Waals surface area contributed by atoms with Gasteiger partial charge in [-0.15, -0.1) is 0 Å². The number of hydrogen-bond donors (Lipinski definition) is 2. The fraction of sp³-hybridized carbons (Fsp3) is 0.400. The van der Waals surface area contributed by atoms with Crippen LogP contribution in [0.4, 0.5) is 19.0 Å². The monoisotopic (exact) mass is 456 g/mol. The van der Waals surface area contributed by atoms with Crippen molar-refractivity contribution in [2.24, 2.45) is 0 Å². The molecule has 1 aromatic carbocycles. The normalized spacial score (nSPS) is 17.8. The van der Waals surface area contributed by atoms with Crippen molar-refractivity contribution in [2.75, 3.05) is 25.0 Å². The number of amides is 1. The van der Waals surface area contributed by atoms with Crippen LogP contribution < -0.4 is 10.6 Å². The number of nitrogens with one attached hydrogen (secondary N) is 2. The summed E-state index contributed by atoms with van der Waals surface area (Å²) < 4.78 is 64.8. The molecule has 7 nitrogen and oxygen atoms in total.